The van der Waals surface area contributed by atoms with Gasteiger partial charge in [0.2, 0.25) is 0 Å². The third-order valence-corrected chi connectivity index (χ3v) is 9.48. The van der Waals surface area contributed by atoms with E-state index in [1.807, 2.05) is 43.5 Å². The summed E-state index contributed by atoms with van der Waals surface area (Å²) < 4.78 is 2.11. The van der Waals surface area contributed by atoms with Gasteiger partial charge in [0, 0.05) is 24.9 Å². The Morgan fingerprint density at radius 3 is 2.40 bits per heavy atom. The minimum absolute atomic E-state index is 0.229. The van der Waals surface area contributed by atoms with E-state index in [1.165, 1.54) is 21.1 Å². The molecule has 2 aromatic heterocycles. The molecule has 0 unspecified atom stereocenters. The normalized spacial score (nSPS) is 17.5. The highest BCUT2D eigenvalue weighted by Gasteiger charge is 2.43. The highest BCUT2D eigenvalue weighted by molar-refractivity contribution is 7.09. The number of aromatic nitrogens is 3. The van der Waals surface area contributed by atoms with E-state index in [0.717, 1.165) is 78.3 Å². The molecule has 228 valence electrons. The highest BCUT2D eigenvalue weighted by atomic mass is 32.1. The summed E-state index contributed by atoms with van der Waals surface area (Å²) in [5.74, 6) is -0.130. The van der Waals surface area contributed by atoms with Gasteiger partial charge in [-0.2, -0.15) is 0 Å². The summed E-state index contributed by atoms with van der Waals surface area (Å²) in [6.45, 7) is 7.23. The summed E-state index contributed by atoms with van der Waals surface area (Å²) in [5, 5.41) is 12.9. The van der Waals surface area contributed by atoms with Crippen molar-refractivity contribution < 1.29 is 19.5 Å². The van der Waals surface area contributed by atoms with Crippen molar-refractivity contribution in [3.8, 4) is 0 Å². The monoisotopic (exact) mass is 603 g/mol. The van der Waals surface area contributed by atoms with Crippen LogP contribution in [0.25, 0.3) is 6.08 Å². The van der Waals surface area contributed by atoms with Gasteiger partial charge in [-0.25, -0.2) is 14.8 Å². The van der Waals surface area contributed by atoms with E-state index < -0.39 is 11.4 Å². The number of nitrogens with zero attached hydrogens (tertiary/aromatic N) is 5. The lowest BCUT2D eigenvalue weighted by Gasteiger charge is -2.24. The van der Waals surface area contributed by atoms with Crippen molar-refractivity contribution in [3.63, 3.8) is 0 Å². The van der Waals surface area contributed by atoms with Crippen LogP contribution in [0.1, 0.15) is 98.6 Å². The number of imidazole rings is 1. The Morgan fingerprint density at radius 1 is 1.05 bits per heavy atom. The van der Waals surface area contributed by atoms with E-state index >= 15 is 0 Å². The number of rotatable bonds is 13. The first kappa shape index (κ1) is 30.7. The minimum Gasteiger partial charge on any atom is -0.481 e. The summed E-state index contributed by atoms with van der Waals surface area (Å²) in [6, 6.07) is 7.61. The van der Waals surface area contributed by atoms with Crippen molar-refractivity contribution in [1.29, 1.82) is 0 Å². The third-order valence-electron chi connectivity index (χ3n) is 8.66. The van der Waals surface area contributed by atoms with Crippen molar-refractivity contribution in [1.82, 2.24) is 24.3 Å². The number of imide groups is 1. The number of aliphatic carboxylic acids is 1. The maximum atomic E-state index is 13.6. The van der Waals surface area contributed by atoms with Crippen molar-refractivity contribution in [3.05, 3.63) is 74.9 Å². The van der Waals surface area contributed by atoms with Crippen LogP contribution >= 0.6 is 11.3 Å². The van der Waals surface area contributed by atoms with E-state index in [0.29, 0.717) is 31.6 Å². The zero-order valence-corrected chi connectivity index (χ0v) is 26.2. The van der Waals surface area contributed by atoms with Crippen molar-refractivity contribution in [2.24, 2.45) is 0 Å². The third kappa shape index (κ3) is 6.30. The molecule has 1 aromatic carbocycles. The summed E-state index contributed by atoms with van der Waals surface area (Å²) in [5.41, 5.74) is 2.91. The van der Waals surface area contributed by atoms with Crippen LogP contribution in [0.2, 0.25) is 0 Å². The maximum absolute atomic E-state index is 13.6. The van der Waals surface area contributed by atoms with Crippen LogP contribution in [0.5, 0.6) is 0 Å². The molecule has 2 aliphatic rings. The number of thiazole rings is 1. The van der Waals surface area contributed by atoms with Gasteiger partial charge in [-0.05, 0) is 49.8 Å². The van der Waals surface area contributed by atoms with Gasteiger partial charge < -0.3 is 9.67 Å². The zero-order chi connectivity index (χ0) is 30.6. The lowest BCUT2D eigenvalue weighted by atomic mass is 9.79. The molecule has 3 aromatic rings. The van der Waals surface area contributed by atoms with Crippen LogP contribution in [0.4, 0.5) is 4.79 Å². The second kappa shape index (κ2) is 13.2. The second-order valence-corrected chi connectivity index (χ2v) is 12.7. The number of benzene rings is 1. The molecule has 2 fully saturated rings. The number of carbonyl (C=O) groups is 3. The number of urea groups is 1. The average molecular weight is 604 g/mol. The summed E-state index contributed by atoms with van der Waals surface area (Å²) in [4.78, 5) is 51.5. The van der Waals surface area contributed by atoms with E-state index in [4.69, 9.17) is 4.98 Å². The number of amides is 3. The number of carboxylic acids is 1. The molecule has 1 N–H and O–H groups in total. The number of hydrogen-bond donors (Lipinski definition) is 1. The first-order valence-corrected chi connectivity index (χ1v) is 16.3. The van der Waals surface area contributed by atoms with Gasteiger partial charge in [0.15, 0.2) is 0 Å². The number of aryl methyl sites for hydroxylation is 2. The Balaban J connectivity index is 1.49. The fourth-order valence-corrected chi connectivity index (χ4v) is 6.76. The molecule has 0 atom stereocenters. The SMILES string of the molecule is CCCCc1ncc(C=C2C(=O)N(CCCC)C(=O)N2Cc2csc(C)n2)n1Cc1ccc(C2(C(=O)O)CCCC2)cc1. The van der Waals surface area contributed by atoms with Gasteiger partial charge in [-0.3, -0.25) is 19.4 Å². The Labute approximate surface area is 257 Å². The van der Waals surface area contributed by atoms with E-state index in [9.17, 15) is 19.5 Å². The quantitative estimate of drug-likeness (QED) is 0.176. The molecule has 3 amide bonds. The fraction of sp³-hybridized carbons (Fsp3) is 0.485. The van der Waals surface area contributed by atoms with Gasteiger partial charge in [-0.1, -0.05) is 63.8 Å². The molecule has 0 spiro atoms. The number of unbranched alkanes of at least 4 members (excludes halogenated alkanes) is 2. The van der Waals surface area contributed by atoms with Crippen LogP contribution in [0.3, 0.4) is 0 Å². The number of carboxylic acid groups (broad SMARTS) is 1. The second-order valence-electron chi connectivity index (χ2n) is 11.6. The molecule has 0 radical (unpaired) electrons. The molecular formula is C33H41N5O4S. The molecule has 1 saturated carbocycles. The van der Waals surface area contributed by atoms with Gasteiger partial charge in [0.25, 0.3) is 5.91 Å². The topological polar surface area (TPSA) is 109 Å². The van der Waals surface area contributed by atoms with Crippen LogP contribution < -0.4 is 0 Å². The molecule has 43 heavy (non-hydrogen) atoms. The van der Waals surface area contributed by atoms with Crippen LogP contribution in [-0.4, -0.2) is 53.9 Å². The standard InChI is InChI=1S/C33H41N5O4S/c1-4-6-10-29-34-19-27(37(29)20-24-11-13-25(14-12-24)33(31(40)41)15-8-9-16-33)18-28-30(39)36(17-7-5-2)32(42)38(28)21-26-22-43-23(3)35-26/h11-14,18-19,22H,4-10,15-17,20-21H2,1-3H3,(H,40,41). The Bertz CT molecular complexity index is 1500. The summed E-state index contributed by atoms with van der Waals surface area (Å²) in [6.07, 6.45) is 11.2. The lowest BCUT2D eigenvalue weighted by Crippen LogP contribution is -2.33. The Morgan fingerprint density at radius 2 is 1.77 bits per heavy atom. The van der Waals surface area contributed by atoms with E-state index in [2.05, 4.69) is 16.5 Å². The largest absolute Gasteiger partial charge is 0.481 e. The van der Waals surface area contributed by atoms with Crippen molar-refractivity contribution >= 4 is 35.3 Å². The molecule has 9 nitrogen and oxygen atoms in total. The molecular weight excluding hydrogens is 562 g/mol. The molecule has 1 aliphatic carbocycles. The maximum Gasteiger partial charge on any atom is 0.332 e. The molecule has 3 heterocycles. The molecule has 10 heteroatoms. The predicted octanol–water partition coefficient (Wildman–Crippen LogP) is 6.54. The van der Waals surface area contributed by atoms with Gasteiger partial charge in [-0.15, -0.1) is 11.3 Å². The minimum atomic E-state index is -0.798. The van der Waals surface area contributed by atoms with Crippen LogP contribution in [0, 0.1) is 6.92 Å². The summed E-state index contributed by atoms with van der Waals surface area (Å²) in [7, 11) is 0. The van der Waals surface area contributed by atoms with E-state index in [-0.39, 0.29) is 18.5 Å². The van der Waals surface area contributed by atoms with Gasteiger partial charge in [0.05, 0.1) is 34.6 Å². The smallest absolute Gasteiger partial charge is 0.332 e. The Hall–Kier alpha value is -3.79. The number of hydrogen-bond acceptors (Lipinski definition) is 6. The van der Waals surface area contributed by atoms with Gasteiger partial charge in [0.1, 0.15) is 11.5 Å². The molecule has 5 rings (SSSR count). The predicted molar refractivity (Wildman–Crippen MR) is 167 cm³/mol. The first-order valence-electron chi connectivity index (χ1n) is 15.4. The first-order chi connectivity index (χ1) is 20.8. The molecule has 1 saturated heterocycles. The fourth-order valence-electron chi connectivity index (χ4n) is 6.16. The molecule has 0 bridgehead atoms. The Kier molecular flexibility index (Phi) is 9.44. The molecule has 1 aliphatic heterocycles. The number of carbonyl (C=O) groups excluding carboxylic acids is 2. The zero-order valence-electron chi connectivity index (χ0n) is 25.3. The van der Waals surface area contributed by atoms with E-state index in [1.54, 1.807) is 12.3 Å². The lowest BCUT2D eigenvalue weighted by molar-refractivity contribution is -0.143. The van der Waals surface area contributed by atoms with Crippen molar-refractivity contribution in [2.45, 2.75) is 97.1 Å². The van der Waals surface area contributed by atoms with Gasteiger partial charge >= 0.3 is 12.0 Å². The average Bonchev–Trinajstić information content (AvgIpc) is 3.78. The van der Waals surface area contributed by atoms with Crippen molar-refractivity contribution in [2.75, 3.05) is 6.54 Å². The van der Waals surface area contributed by atoms with Crippen LogP contribution in [-0.2, 0) is 34.5 Å². The highest BCUT2D eigenvalue weighted by Crippen LogP contribution is 2.41. The summed E-state index contributed by atoms with van der Waals surface area (Å²) >= 11 is 1.52. The van der Waals surface area contributed by atoms with Crippen LogP contribution in [0.15, 0.2) is 41.5 Å².